The van der Waals surface area contributed by atoms with Gasteiger partial charge in [-0.05, 0) is 25.1 Å². The molecular weight excluding hydrogens is 294 g/mol. The van der Waals surface area contributed by atoms with Crippen LogP contribution < -0.4 is 9.47 Å². The van der Waals surface area contributed by atoms with Crippen molar-refractivity contribution in [1.82, 2.24) is 15.0 Å². The summed E-state index contributed by atoms with van der Waals surface area (Å²) in [5.74, 6) is 1.40. The summed E-state index contributed by atoms with van der Waals surface area (Å²) in [6.07, 6.45) is 0. The van der Waals surface area contributed by atoms with Crippen LogP contribution >= 0.6 is 0 Å². The fraction of sp³-hybridized carbons (Fsp3) is 0.176. The van der Waals surface area contributed by atoms with Gasteiger partial charge in [0.05, 0.1) is 12.3 Å². The number of hydrogen-bond donors (Lipinski definition) is 1. The lowest BCUT2D eigenvalue weighted by Crippen LogP contribution is -2.00. The molecule has 0 unspecified atom stereocenters. The van der Waals surface area contributed by atoms with Gasteiger partial charge in [0.2, 0.25) is 6.79 Å². The van der Waals surface area contributed by atoms with Gasteiger partial charge in [0.25, 0.3) is 0 Å². The van der Waals surface area contributed by atoms with Crippen molar-refractivity contribution in [2.45, 2.75) is 13.5 Å². The topological polar surface area (TPSA) is 69.4 Å². The minimum absolute atomic E-state index is 0.173. The number of fused-ring (bicyclic) bond motifs is 1. The molecule has 4 rings (SSSR count). The van der Waals surface area contributed by atoms with Crippen molar-refractivity contribution in [3.8, 4) is 28.4 Å². The Labute approximate surface area is 132 Å². The number of ether oxygens (including phenoxy) is 2. The Morgan fingerprint density at radius 2 is 2.00 bits per heavy atom. The highest BCUT2D eigenvalue weighted by atomic mass is 16.7. The highest BCUT2D eigenvalue weighted by Gasteiger charge is 2.19. The van der Waals surface area contributed by atoms with E-state index in [-0.39, 0.29) is 13.4 Å². The molecule has 0 amide bonds. The largest absolute Gasteiger partial charge is 0.454 e. The molecule has 1 N–H and O–H groups in total. The molecule has 3 aromatic rings. The van der Waals surface area contributed by atoms with Crippen LogP contribution in [0.3, 0.4) is 0 Å². The van der Waals surface area contributed by atoms with Gasteiger partial charge in [-0.25, -0.2) is 4.68 Å². The molecule has 6 heteroatoms. The van der Waals surface area contributed by atoms with E-state index in [2.05, 4.69) is 10.3 Å². The van der Waals surface area contributed by atoms with Gasteiger partial charge in [-0.2, -0.15) is 0 Å². The second kappa shape index (κ2) is 5.40. The number of rotatable bonds is 3. The van der Waals surface area contributed by atoms with Crippen molar-refractivity contribution in [1.29, 1.82) is 0 Å². The maximum absolute atomic E-state index is 9.60. The van der Waals surface area contributed by atoms with Gasteiger partial charge in [-0.15, -0.1) is 5.10 Å². The van der Waals surface area contributed by atoms with Crippen molar-refractivity contribution < 1.29 is 14.6 Å². The molecule has 116 valence electrons. The van der Waals surface area contributed by atoms with E-state index in [1.165, 1.54) is 0 Å². The average molecular weight is 309 g/mol. The van der Waals surface area contributed by atoms with E-state index in [9.17, 15) is 5.11 Å². The van der Waals surface area contributed by atoms with E-state index in [4.69, 9.17) is 9.47 Å². The van der Waals surface area contributed by atoms with E-state index in [1.807, 2.05) is 49.4 Å². The van der Waals surface area contributed by atoms with Gasteiger partial charge >= 0.3 is 0 Å². The summed E-state index contributed by atoms with van der Waals surface area (Å²) in [6, 6.07) is 13.6. The van der Waals surface area contributed by atoms with E-state index < -0.39 is 0 Å². The first-order chi connectivity index (χ1) is 11.3. The van der Waals surface area contributed by atoms with Crippen molar-refractivity contribution >= 4 is 0 Å². The van der Waals surface area contributed by atoms with Gasteiger partial charge in [0.15, 0.2) is 11.5 Å². The van der Waals surface area contributed by atoms with E-state index in [0.29, 0.717) is 17.2 Å². The Morgan fingerprint density at radius 3 is 2.83 bits per heavy atom. The van der Waals surface area contributed by atoms with Crippen molar-refractivity contribution in [3.63, 3.8) is 0 Å². The maximum Gasteiger partial charge on any atom is 0.231 e. The van der Waals surface area contributed by atoms with Crippen LogP contribution in [0.2, 0.25) is 0 Å². The molecule has 0 fully saturated rings. The lowest BCUT2D eigenvalue weighted by atomic mass is 10.1. The SMILES string of the molecule is Cc1cccc(-c2c(CO)nnn2-c2ccc3c(c2)OCO3)c1. The predicted molar refractivity (Wildman–Crippen MR) is 83.6 cm³/mol. The first kappa shape index (κ1) is 13.8. The lowest BCUT2D eigenvalue weighted by Gasteiger charge is -2.09. The van der Waals surface area contributed by atoms with E-state index in [0.717, 1.165) is 22.5 Å². The molecule has 1 aromatic heterocycles. The van der Waals surface area contributed by atoms with Gasteiger partial charge in [0, 0.05) is 11.6 Å². The number of benzene rings is 2. The molecule has 0 aliphatic carbocycles. The second-order valence-corrected chi connectivity index (χ2v) is 5.36. The van der Waals surface area contributed by atoms with Crippen LogP contribution in [0.15, 0.2) is 42.5 Å². The van der Waals surface area contributed by atoms with Gasteiger partial charge in [-0.3, -0.25) is 0 Å². The standard InChI is InChI=1S/C17H15N3O3/c1-11-3-2-4-12(7-11)17-14(9-21)18-19-20(17)13-5-6-15-16(8-13)23-10-22-15/h2-8,21H,9-10H2,1H3. The summed E-state index contributed by atoms with van der Waals surface area (Å²) >= 11 is 0. The summed E-state index contributed by atoms with van der Waals surface area (Å²) in [7, 11) is 0. The molecule has 1 aliphatic rings. The summed E-state index contributed by atoms with van der Waals surface area (Å²) in [4.78, 5) is 0. The van der Waals surface area contributed by atoms with Crippen LogP contribution in [-0.4, -0.2) is 26.9 Å². The summed E-state index contributed by atoms with van der Waals surface area (Å²) < 4.78 is 12.5. The molecule has 0 bridgehead atoms. The quantitative estimate of drug-likeness (QED) is 0.805. The number of aliphatic hydroxyl groups excluding tert-OH is 1. The van der Waals surface area contributed by atoms with Gasteiger partial charge in [0.1, 0.15) is 11.4 Å². The first-order valence-electron chi connectivity index (χ1n) is 7.29. The van der Waals surface area contributed by atoms with Crippen molar-refractivity contribution in [3.05, 3.63) is 53.7 Å². The van der Waals surface area contributed by atoms with Gasteiger partial charge < -0.3 is 14.6 Å². The molecule has 0 atom stereocenters. The zero-order valence-electron chi connectivity index (χ0n) is 12.6. The fourth-order valence-corrected chi connectivity index (χ4v) is 2.70. The molecule has 0 radical (unpaired) electrons. The molecule has 0 saturated heterocycles. The zero-order valence-corrected chi connectivity index (χ0v) is 12.6. The molecule has 2 heterocycles. The summed E-state index contributed by atoms with van der Waals surface area (Å²) in [6.45, 7) is 2.08. The molecule has 0 saturated carbocycles. The Balaban J connectivity index is 1.88. The third-order valence-corrected chi connectivity index (χ3v) is 3.78. The summed E-state index contributed by atoms with van der Waals surface area (Å²) in [5, 5.41) is 17.9. The monoisotopic (exact) mass is 309 g/mol. The van der Waals surface area contributed by atoms with Crippen LogP contribution in [0.5, 0.6) is 11.5 Å². The molecular formula is C17H15N3O3. The third kappa shape index (κ3) is 2.33. The maximum atomic E-state index is 9.60. The highest BCUT2D eigenvalue weighted by Crippen LogP contribution is 2.35. The van der Waals surface area contributed by atoms with Crippen molar-refractivity contribution in [2.75, 3.05) is 6.79 Å². The average Bonchev–Trinajstić information content (AvgIpc) is 3.20. The lowest BCUT2D eigenvalue weighted by molar-refractivity contribution is 0.174. The number of hydrogen-bond acceptors (Lipinski definition) is 5. The first-order valence-corrected chi connectivity index (χ1v) is 7.29. The second-order valence-electron chi connectivity index (χ2n) is 5.36. The zero-order chi connectivity index (χ0) is 15.8. The smallest absolute Gasteiger partial charge is 0.231 e. The molecule has 6 nitrogen and oxygen atoms in total. The van der Waals surface area contributed by atoms with Crippen LogP contribution in [0, 0.1) is 6.92 Å². The Kier molecular flexibility index (Phi) is 3.24. The van der Waals surface area contributed by atoms with Crippen LogP contribution in [0.25, 0.3) is 16.9 Å². The Bertz CT molecular complexity index is 873. The number of nitrogens with zero attached hydrogens (tertiary/aromatic N) is 3. The summed E-state index contributed by atoms with van der Waals surface area (Å²) in [5.41, 5.74) is 4.20. The molecule has 0 spiro atoms. The van der Waals surface area contributed by atoms with E-state index in [1.54, 1.807) is 4.68 Å². The number of aryl methyl sites for hydroxylation is 1. The number of aromatic nitrogens is 3. The third-order valence-electron chi connectivity index (χ3n) is 3.78. The van der Waals surface area contributed by atoms with Crippen molar-refractivity contribution in [2.24, 2.45) is 0 Å². The molecule has 23 heavy (non-hydrogen) atoms. The predicted octanol–water partition coefficient (Wildman–Crippen LogP) is 2.46. The molecule has 2 aromatic carbocycles. The van der Waals surface area contributed by atoms with Crippen LogP contribution in [0.4, 0.5) is 0 Å². The Hall–Kier alpha value is -2.86. The van der Waals surface area contributed by atoms with E-state index >= 15 is 0 Å². The minimum Gasteiger partial charge on any atom is -0.454 e. The number of aliphatic hydroxyl groups is 1. The van der Waals surface area contributed by atoms with Gasteiger partial charge in [-0.1, -0.05) is 29.0 Å². The molecule has 1 aliphatic heterocycles. The normalized spacial score (nSPS) is 12.6. The van der Waals surface area contributed by atoms with Crippen LogP contribution in [-0.2, 0) is 6.61 Å². The highest BCUT2D eigenvalue weighted by molar-refractivity contribution is 5.65. The fourth-order valence-electron chi connectivity index (χ4n) is 2.70. The van der Waals surface area contributed by atoms with Crippen LogP contribution in [0.1, 0.15) is 11.3 Å². The minimum atomic E-state index is -0.173. The Morgan fingerprint density at radius 1 is 1.13 bits per heavy atom.